The summed E-state index contributed by atoms with van der Waals surface area (Å²) in [5.74, 6) is 0.799. The Bertz CT molecular complexity index is 391. The summed E-state index contributed by atoms with van der Waals surface area (Å²) in [5.41, 5.74) is 5.37. The lowest BCUT2D eigenvalue weighted by molar-refractivity contribution is -0.870. The average molecular weight is 373 g/mol. The lowest BCUT2D eigenvalue weighted by Crippen LogP contribution is -2.37. The minimum Gasteiger partial charge on any atom is -0.463 e. The van der Waals surface area contributed by atoms with Crippen LogP contribution < -0.4 is 5.73 Å². The van der Waals surface area contributed by atoms with Gasteiger partial charge in [0.15, 0.2) is 0 Å². The lowest BCUT2D eigenvalue weighted by atomic mass is 10.2. The molecule has 0 bridgehead atoms. The Morgan fingerprint density at radius 3 is 2.43 bits per heavy atom. The predicted molar refractivity (Wildman–Crippen MR) is 91.1 cm³/mol. The van der Waals surface area contributed by atoms with Crippen molar-refractivity contribution in [3.05, 3.63) is 0 Å². The molecule has 138 valence electrons. The smallest absolute Gasteiger partial charge is 0.463 e. The second-order valence-electron chi connectivity index (χ2n) is 6.08. The van der Waals surface area contributed by atoms with Gasteiger partial charge in [0, 0.05) is 18.1 Å². The fraction of sp³-hybridized carbons (Fsp3) is 0.923. The molecule has 0 radical (unpaired) electrons. The molecule has 0 aromatic rings. The molecule has 0 fully saturated rings. The molecule has 0 aromatic heterocycles. The zero-order valence-corrected chi connectivity index (χ0v) is 16.1. The summed E-state index contributed by atoms with van der Waals surface area (Å²) >= 11 is 1.58. The number of rotatable bonds is 13. The molecule has 2 unspecified atom stereocenters. The molecule has 8 nitrogen and oxygen atoms in total. The van der Waals surface area contributed by atoms with Crippen molar-refractivity contribution in [2.45, 2.75) is 6.92 Å². The summed E-state index contributed by atoms with van der Waals surface area (Å²) in [5, 5.41) is 0. The molecule has 0 heterocycles. The molecular formula is C13H30N2O6PS+. The fourth-order valence-corrected chi connectivity index (χ4v) is 2.83. The van der Waals surface area contributed by atoms with E-state index in [1.54, 1.807) is 18.7 Å². The van der Waals surface area contributed by atoms with E-state index in [9.17, 15) is 14.3 Å². The van der Waals surface area contributed by atoms with Crippen LogP contribution in [0.15, 0.2) is 0 Å². The molecule has 0 aliphatic heterocycles. The van der Waals surface area contributed by atoms with Gasteiger partial charge in [-0.1, -0.05) is 6.92 Å². The lowest BCUT2D eigenvalue weighted by Gasteiger charge is -2.24. The molecule has 23 heavy (non-hydrogen) atoms. The number of esters is 1. The second-order valence-corrected chi connectivity index (χ2v) is 8.68. The number of nitrogens with two attached hydrogens (primary N) is 1. The van der Waals surface area contributed by atoms with Crippen molar-refractivity contribution in [1.29, 1.82) is 0 Å². The summed E-state index contributed by atoms with van der Waals surface area (Å²) in [6.07, 6.45) is 0. The first-order chi connectivity index (χ1) is 10.6. The second kappa shape index (κ2) is 11.4. The third-order valence-electron chi connectivity index (χ3n) is 2.63. The number of ether oxygens (including phenoxy) is 1. The number of hydrogen-bond acceptors (Lipinski definition) is 7. The molecule has 3 N–H and O–H groups in total. The number of hydrogen-bond donors (Lipinski definition) is 2. The Balaban J connectivity index is 3.83. The van der Waals surface area contributed by atoms with Crippen LogP contribution in [0.25, 0.3) is 0 Å². The van der Waals surface area contributed by atoms with Crippen molar-refractivity contribution in [2.24, 2.45) is 11.7 Å². The number of phosphoric acid groups is 1. The number of carbonyl (C=O) groups is 1. The molecule has 10 heteroatoms. The monoisotopic (exact) mass is 373 g/mol. The molecule has 0 saturated carbocycles. The molecule has 0 saturated heterocycles. The SMILES string of the molecule is CC(CSCCN)C(=O)OCCOP(=O)(O)OCC[N+](C)(C)C. The molecule has 0 aromatic carbocycles. The molecule has 0 rings (SSSR count). The number of nitrogens with zero attached hydrogens (tertiary/aromatic N) is 1. The van der Waals surface area contributed by atoms with E-state index >= 15 is 0 Å². The van der Waals surface area contributed by atoms with E-state index < -0.39 is 7.82 Å². The average Bonchev–Trinajstić information content (AvgIpc) is 2.41. The normalized spacial score (nSPS) is 15.9. The van der Waals surface area contributed by atoms with Crippen molar-refractivity contribution >= 4 is 25.6 Å². The van der Waals surface area contributed by atoms with Gasteiger partial charge in [-0.25, -0.2) is 4.57 Å². The highest BCUT2D eigenvalue weighted by Crippen LogP contribution is 2.42. The van der Waals surface area contributed by atoms with Gasteiger partial charge in [-0.05, 0) is 0 Å². The first-order valence-electron chi connectivity index (χ1n) is 7.44. The Hall–Kier alpha value is -0.150. The molecule has 0 aliphatic rings. The van der Waals surface area contributed by atoms with Gasteiger partial charge in [0.2, 0.25) is 0 Å². The Morgan fingerprint density at radius 2 is 1.87 bits per heavy atom. The van der Waals surface area contributed by atoms with Gasteiger partial charge in [-0.15, -0.1) is 0 Å². The van der Waals surface area contributed by atoms with Crippen LogP contribution in [0, 0.1) is 5.92 Å². The van der Waals surface area contributed by atoms with Crippen molar-refractivity contribution in [3.8, 4) is 0 Å². The maximum Gasteiger partial charge on any atom is 0.472 e. The summed E-state index contributed by atoms with van der Waals surface area (Å²) < 4.78 is 26.8. The van der Waals surface area contributed by atoms with E-state index in [4.69, 9.17) is 19.5 Å². The molecular weight excluding hydrogens is 343 g/mol. The maximum absolute atomic E-state index is 11.7. The van der Waals surface area contributed by atoms with E-state index in [1.165, 1.54) is 0 Å². The van der Waals surface area contributed by atoms with E-state index in [2.05, 4.69) is 0 Å². The third kappa shape index (κ3) is 13.9. The Morgan fingerprint density at radius 1 is 1.26 bits per heavy atom. The Kier molecular flexibility index (Phi) is 11.3. The fourth-order valence-electron chi connectivity index (χ4n) is 1.32. The highest BCUT2D eigenvalue weighted by Gasteiger charge is 2.23. The van der Waals surface area contributed by atoms with Crippen LogP contribution in [0.3, 0.4) is 0 Å². The van der Waals surface area contributed by atoms with Gasteiger partial charge in [0.1, 0.15) is 19.8 Å². The van der Waals surface area contributed by atoms with Crippen molar-refractivity contribution in [3.63, 3.8) is 0 Å². The summed E-state index contributed by atoms with van der Waals surface area (Å²) in [6.45, 7) is 2.73. The third-order valence-corrected chi connectivity index (χ3v) is 4.91. The summed E-state index contributed by atoms with van der Waals surface area (Å²) in [4.78, 5) is 21.1. The minimum absolute atomic E-state index is 0.0893. The van der Waals surface area contributed by atoms with Gasteiger partial charge in [-0.2, -0.15) is 11.8 Å². The van der Waals surface area contributed by atoms with E-state index in [0.717, 1.165) is 5.75 Å². The number of thioether (sulfide) groups is 1. The van der Waals surface area contributed by atoms with Crippen molar-refractivity contribution in [1.82, 2.24) is 0 Å². The maximum atomic E-state index is 11.7. The number of quaternary nitrogens is 1. The van der Waals surface area contributed by atoms with Gasteiger partial charge < -0.3 is 19.8 Å². The first-order valence-corrected chi connectivity index (χ1v) is 10.1. The van der Waals surface area contributed by atoms with Crippen LogP contribution >= 0.6 is 19.6 Å². The summed E-state index contributed by atoms with van der Waals surface area (Å²) in [6, 6.07) is 0. The predicted octanol–water partition coefficient (Wildman–Crippen LogP) is 0.697. The zero-order chi connectivity index (χ0) is 17.9. The molecule has 0 spiro atoms. The van der Waals surface area contributed by atoms with E-state index in [1.807, 2.05) is 21.1 Å². The van der Waals surface area contributed by atoms with E-state index in [-0.39, 0.29) is 31.7 Å². The highest BCUT2D eigenvalue weighted by molar-refractivity contribution is 7.99. The number of carbonyl (C=O) groups excluding carboxylic acids is 1. The van der Waals surface area contributed by atoms with Crippen LogP contribution in [-0.4, -0.2) is 80.9 Å². The number of likely N-dealkylation sites (N-methyl/N-ethyl adjacent to an activating group) is 1. The van der Waals surface area contributed by atoms with E-state index in [0.29, 0.717) is 23.3 Å². The molecule has 0 amide bonds. The quantitative estimate of drug-likeness (QED) is 0.210. The van der Waals surface area contributed by atoms with Gasteiger partial charge in [-0.3, -0.25) is 13.8 Å². The van der Waals surface area contributed by atoms with Crippen LogP contribution in [0.2, 0.25) is 0 Å². The standard InChI is InChI=1S/C13H29N2O6PS/c1-12(11-23-10-5-14)13(16)19-8-9-21-22(17,18)20-7-6-15(2,3)4/h12H,5-11,14H2,1-4H3/p+1. The Labute approximate surface area is 142 Å². The topological polar surface area (TPSA) is 108 Å². The van der Waals surface area contributed by atoms with Crippen LogP contribution in [0.1, 0.15) is 6.92 Å². The van der Waals surface area contributed by atoms with Crippen molar-refractivity contribution < 1.29 is 32.5 Å². The first kappa shape index (κ1) is 22.9. The number of phosphoric ester groups is 1. The van der Waals surface area contributed by atoms with Crippen LogP contribution in [0.4, 0.5) is 0 Å². The summed E-state index contributed by atoms with van der Waals surface area (Å²) in [7, 11) is 1.73. The largest absolute Gasteiger partial charge is 0.472 e. The van der Waals surface area contributed by atoms with Gasteiger partial charge in [0.25, 0.3) is 0 Å². The van der Waals surface area contributed by atoms with Crippen LogP contribution in [-0.2, 0) is 23.1 Å². The van der Waals surface area contributed by atoms with Crippen molar-refractivity contribution in [2.75, 3.05) is 65.6 Å². The minimum atomic E-state index is -4.10. The molecule has 0 aliphatic carbocycles. The molecule has 2 atom stereocenters. The van der Waals surface area contributed by atoms with Crippen LogP contribution in [0.5, 0.6) is 0 Å². The van der Waals surface area contributed by atoms with Gasteiger partial charge >= 0.3 is 13.8 Å². The van der Waals surface area contributed by atoms with Gasteiger partial charge in [0.05, 0.1) is 33.7 Å². The highest BCUT2D eigenvalue weighted by atomic mass is 32.2. The zero-order valence-electron chi connectivity index (χ0n) is 14.4.